The summed E-state index contributed by atoms with van der Waals surface area (Å²) in [5.41, 5.74) is 4.02. The largest absolute Gasteiger partial charge is 0.368 e. The lowest BCUT2D eigenvalue weighted by Crippen LogP contribution is -2.46. The third kappa shape index (κ3) is 4.35. The number of benzene rings is 2. The molecular formula is C16H12F3N3O4. The second-order valence-electron chi connectivity index (χ2n) is 5.30. The van der Waals surface area contributed by atoms with Crippen LogP contribution >= 0.6 is 0 Å². The maximum absolute atomic E-state index is 13.6. The topological polar surface area (TPSA) is 115 Å². The SMILES string of the molecule is NC(=O)[C@@H](Cc1ccc(F)c([N+](=O)[O-])c1)NC(=O)c1ccc(F)cc1F. The molecule has 0 bridgehead atoms. The minimum absolute atomic E-state index is 0.154. The van der Waals surface area contributed by atoms with Crippen LogP contribution in [0.3, 0.4) is 0 Å². The zero-order valence-electron chi connectivity index (χ0n) is 13.0. The average molecular weight is 367 g/mol. The van der Waals surface area contributed by atoms with E-state index in [1.807, 2.05) is 0 Å². The number of primary amides is 1. The maximum atomic E-state index is 13.6. The fraction of sp³-hybridized carbons (Fsp3) is 0.125. The van der Waals surface area contributed by atoms with Crippen LogP contribution in [0.1, 0.15) is 15.9 Å². The molecule has 0 aliphatic carbocycles. The zero-order valence-corrected chi connectivity index (χ0v) is 13.0. The predicted octanol–water partition coefficient (Wildman–Crippen LogP) is 1.84. The molecule has 0 radical (unpaired) electrons. The van der Waals surface area contributed by atoms with Gasteiger partial charge in [-0.2, -0.15) is 4.39 Å². The van der Waals surface area contributed by atoms with E-state index in [4.69, 9.17) is 5.73 Å². The Kier molecular flexibility index (Phi) is 5.55. The van der Waals surface area contributed by atoms with Crippen molar-refractivity contribution in [2.75, 3.05) is 0 Å². The van der Waals surface area contributed by atoms with Crippen LogP contribution in [0.15, 0.2) is 36.4 Å². The number of nitrogens with two attached hydrogens (primary N) is 1. The number of carbonyl (C=O) groups excluding carboxylic acids is 2. The van der Waals surface area contributed by atoms with Gasteiger partial charge in [0.05, 0.1) is 10.5 Å². The van der Waals surface area contributed by atoms with E-state index in [9.17, 15) is 32.9 Å². The second-order valence-corrected chi connectivity index (χ2v) is 5.30. The van der Waals surface area contributed by atoms with Crippen LogP contribution in [-0.2, 0) is 11.2 Å². The van der Waals surface area contributed by atoms with Gasteiger partial charge in [0.1, 0.15) is 17.7 Å². The lowest BCUT2D eigenvalue weighted by molar-refractivity contribution is -0.387. The summed E-state index contributed by atoms with van der Waals surface area (Å²) in [7, 11) is 0. The monoisotopic (exact) mass is 367 g/mol. The molecule has 0 saturated carbocycles. The number of nitrogens with zero attached hydrogens (tertiary/aromatic N) is 1. The average Bonchev–Trinajstić information content (AvgIpc) is 2.55. The van der Waals surface area contributed by atoms with Gasteiger partial charge in [0.2, 0.25) is 11.7 Å². The number of hydrogen-bond donors (Lipinski definition) is 2. The molecule has 2 rings (SSSR count). The number of halogens is 3. The van der Waals surface area contributed by atoms with Gasteiger partial charge in [0.25, 0.3) is 5.91 Å². The molecule has 0 unspecified atom stereocenters. The van der Waals surface area contributed by atoms with E-state index in [2.05, 4.69) is 5.32 Å². The summed E-state index contributed by atoms with van der Waals surface area (Å²) >= 11 is 0. The summed E-state index contributed by atoms with van der Waals surface area (Å²) in [6, 6.07) is 3.82. The van der Waals surface area contributed by atoms with Crippen LogP contribution in [-0.4, -0.2) is 22.8 Å². The Labute approximate surface area is 144 Å². The first-order valence-corrected chi connectivity index (χ1v) is 7.17. The van der Waals surface area contributed by atoms with E-state index in [-0.39, 0.29) is 12.0 Å². The maximum Gasteiger partial charge on any atom is 0.305 e. The van der Waals surface area contributed by atoms with E-state index < -0.39 is 51.5 Å². The normalized spacial score (nSPS) is 11.7. The third-order valence-electron chi connectivity index (χ3n) is 3.47. The molecule has 7 nitrogen and oxygen atoms in total. The van der Waals surface area contributed by atoms with Crippen molar-refractivity contribution in [2.24, 2.45) is 5.73 Å². The Balaban J connectivity index is 2.22. The summed E-state index contributed by atoms with van der Waals surface area (Å²) in [5.74, 6) is -5.10. The number of rotatable bonds is 6. The van der Waals surface area contributed by atoms with Crippen LogP contribution in [0.25, 0.3) is 0 Å². The molecular weight excluding hydrogens is 355 g/mol. The highest BCUT2D eigenvalue weighted by Crippen LogP contribution is 2.19. The first kappa shape index (κ1) is 18.9. The van der Waals surface area contributed by atoms with Crippen molar-refractivity contribution in [1.29, 1.82) is 0 Å². The summed E-state index contributed by atoms with van der Waals surface area (Å²) < 4.78 is 39.9. The molecule has 2 aromatic rings. The van der Waals surface area contributed by atoms with Gasteiger partial charge >= 0.3 is 5.69 Å². The summed E-state index contributed by atoms with van der Waals surface area (Å²) in [5, 5.41) is 12.9. The minimum Gasteiger partial charge on any atom is -0.368 e. The summed E-state index contributed by atoms with van der Waals surface area (Å²) in [4.78, 5) is 33.4. The van der Waals surface area contributed by atoms with Gasteiger partial charge in [0.15, 0.2) is 0 Å². The molecule has 2 amide bonds. The van der Waals surface area contributed by atoms with E-state index in [1.54, 1.807) is 0 Å². The number of amides is 2. The van der Waals surface area contributed by atoms with Gasteiger partial charge in [-0.25, -0.2) is 8.78 Å². The molecule has 2 aromatic carbocycles. The predicted molar refractivity (Wildman–Crippen MR) is 83.6 cm³/mol. The number of nitrogens with one attached hydrogen (secondary N) is 1. The van der Waals surface area contributed by atoms with Crippen molar-refractivity contribution >= 4 is 17.5 Å². The highest BCUT2D eigenvalue weighted by molar-refractivity contribution is 5.97. The number of hydrogen-bond acceptors (Lipinski definition) is 4. The Morgan fingerprint density at radius 1 is 1.12 bits per heavy atom. The van der Waals surface area contributed by atoms with Crippen molar-refractivity contribution < 1.29 is 27.7 Å². The molecule has 0 aromatic heterocycles. The first-order valence-electron chi connectivity index (χ1n) is 7.17. The van der Waals surface area contributed by atoms with Crippen molar-refractivity contribution in [1.82, 2.24) is 5.32 Å². The van der Waals surface area contributed by atoms with Gasteiger partial charge < -0.3 is 11.1 Å². The van der Waals surface area contributed by atoms with Crippen molar-refractivity contribution in [3.63, 3.8) is 0 Å². The lowest BCUT2D eigenvalue weighted by atomic mass is 10.0. The van der Waals surface area contributed by atoms with Crippen molar-refractivity contribution in [3.05, 3.63) is 75.1 Å². The van der Waals surface area contributed by atoms with Gasteiger partial charge in [-0.05, 0) is 23.8 Å². The number of nitro benzene ring substituents is 1. The number of carbonyl (C=O) groups is 2. The van der Waals surface area contributed by atoms with Gasteiger partial charge in [-0.15, -0.1) is 0 Å². The van der Waals surface area contributed by atoms with E-state index >= 15 is 0 Å². The molecule has 0 saturated heterocycles. The van der Waals surface area contributed by atoms with Crippen LogP contribution in [0.4, 0.5) is 18.9 Å². The molecule has 26 heavy (non-hydrogen) atoms. The summed E-state index contributed by atoms with van der Waals surface area (Å²) in [6.45, 7) is 0. The molecule has 3 N–H and O–H groups in total. The quantitative estimate of drug-likeness (QED) is 0.599. The Bertz CT molecular complexity index is 889. The first-order chi connectivity index (χ1) is 12.2. The minimum atomic E-state index is -1.35. The Morgan fingerprint density at radius 3 is 2.38 bits per heavy atom. The molecule has 0 fully saturated rings. The molecule has 0 heterocycles. The molecule has 10 heteroatoms. The van der Waals surface area contributed by atoms with Crippen LogP contribution in [0.5, 0.6) is 0 Å². The molecule has 0 aliphatic heterocycles. The van der Waals surface area contributed by atoms with Crippen LogP contribution in [0, 0.1) is 27.6 Å². The zero-order chi connectivity index (χ0) is 19.4. The van der Waals surface area contributed by atoms with E-state index in [0.717, 1.165) is 24.3 Å². The van der Waals surface area contributed by atoms with E-state index in [0.29, 0.717) is 6.07 Å². The highest BCUT2D eigenvalue weighted by atomic mass is 19.1. The fourth-order valence-corrected chi connectivity index (χ4v) is 2.19. The smallest absolute Gasteiger partial charge is 0.305 e. The molecule has 1 atom stereocenters. The standard InChI is InChI=1S/C16H12F3N3O4/c17-9-2-3-10(12(19)7-9)16(24)21-13(15(20)23)5-8-1-4-11(18)14(6-8)22(25)26/h1-4,6-7,13H,5H2,(H2,20,23)(H,21,24)/t13-/m1/s1. The van der Waals surface area contributed by atoms with E-state index in [1.165, 1.54) is 6.07 Å². The Hall–Kier alpha value is -3.43. The van der Waals surface area contributed by atoms with Crippen LogP contribution < -0.4 is 11.1 Å². The Morgan fingerprint density at radius 2 is 1.81 bits per heavy atom. The van der Waals surface area contributed by atoms with Crippen molar-refractivity contribution in [3.8, 4) is 0 Å². The summed E-state index contributed by atoms with van der Waals surface area (Å²) in [6.07, 6.45) is -0.287. The van der Waals surface area contributed by atoms with Crippen LogP contribution in [0.2, 0.25) is 0 Å². The molecule has 0 aliphatic rings. The number of nitro groups is 1. The van der Waals surface area contributed by atoms with Gasteiger partial charge in [-0.1, -0.05) is 6.07 Å². The fourth-order valence-electron chi connectivity index (χ4n) is 2.19. The second kappa shape index (κ2) is 7.64. The third-order valence-corrected chi connectivity index (χ3v) is 3.47. The highest BCUT2D eigenvalue weighted by Gasteiger charge is 2.23. The van der Waals surface area contributed by atoms with Gasteiger partial charge in [0, 0.05) is 18.6 Å². The van der Waals surface area contributed by atoms with Crippen molar-refractivity contribution in [2.45, 2.75) is 12.5 Å². The lowest BCUT2D eigenvalue weighted by Gasteiger charge is -2.16. The van der Waals surface area contributed by atoms with Gasteiger partial charge in [-0.3, -0.25) is 19.7 Å². The molecule has 0 spiro atoms. The molecule has 136 valence electrons.